The predicted molar refractivity (Wildman–Crippen MR) is 96.1 cm³/mol. The van der Waals surface area contributed by atoms with Crippen molar-refractivity contribution < 1.29 is 4.79 Å². The molecule has 0 unspecified atom stereocenters. The van der Waals surface area contributed by atoms with Gasteiger partial charge in [0.2, 0.25) is 0 Å². The first-order chi connectivity index (χ1) is 11.7. The van der Waals surface area contributed by atoms with Gasteiger partial charge in [0.05, 0.1) is 11.6 Å². The zero-order valence-electron chi connectivity index (χ0n) is 13.1. The zero-order chi connectivity index (χ0) is 16.5. The Kier molecular flexibility index (Phi) is 3.54. The fourth-order valence-corrected chi connectivity index (χ4v) is 3.31. The lowest BCUT2D eigenvalue weighted by Gasteiger charge is -2.15. The number of rotatable bonds is 3. The van der Waals surface area contributed by atoms with E-state index in [0.717, 1.165) is 29.6 Å². The Morgan fingerprint density at radius 3 is 2.88 bits per heavy atom. The van der Waals surface area contributed by atoms with Gasteiger partial charge in [-0.05, 0) is 54.3 Å². The van der Waals surface area contributed by atoms with Crippen LogP contribution in [0.3, 0.4) is 0 Å². The van der Waals surface area contributed by atoms with E-state index in [1.165, 1.54) is 11.1 Å². The van der Waals surface area contributed by atoms with Gasteiger partial charge in [-0.15, -0.1) is 0 Å². The molecule has 0 bridgehead atoms. The standard InChI is InChI=1S/C19H18N4O/c20-19(24)21-14-7-9-16-13(11-14)6-10-18(22-16)23-17-8-5-12-3-1-2-4-15(12)17/h1-4,6-7,9-11,17H,5,8H2,(H,22,23)(H3,20,21,24)/t17-/m1/s1. The molecule has 1 atom stereocenters. The van der Waals surface area contributed by atoms with Gasteiger partial charge in [0.15, 0.2) is 0 Å². The minimum Gasteiger partial charge on any atom is -0.363 e. The minimum atomic E-state index is -0.569. The van der Waals surface area contributed by atoms with Gasteiger partial charge in [-0.3, -0.25) is 0 Å². The van der Waals surface area contributed by atoms with E-state index >= 15 is 0 Å². The molecule has 0 fully saturated rings. The van der Waals surface area contributed by atoms with Crippen LogP contribution in [0.25, 0.3) is 10.9 Å². The second-order valence-electron chi connectivity index (χ2n) is 6.03. The van der Waals surface area contributed by atoms with Crippen LogP contribution in [0.1, 0.15) is 23.6 Å². The number of carbonyl (C=O) groups is 1. The molecule has 1 aliphatic carbocycles. The second-order valence-corrected chi connectivity index (χ2v) is 6.03. The maximum Gasteiger partial charge on any atom is 0.316 e. The van der Waals surface area contributed by atoms with E-state index < -0.39 is 6.03 Å². The van der Waals surface area contributed by atoms with E-state index in [2.05, 4.69) is 39.9 Å². The summed E-state index contributed by atoms with van der Waals surface area (Å²) in [5.41, 5.74) is 9.47. The average molecular weight is 318 g/mol. The van der Waals surface area contributed by atoms with Crippen molar-refractivity contribution in [3.63, 3.8) is 0 Å². The summed E-state index contributed by atoms with van der Waals surface area (Å²) in [6.45, 7) is 0. The van der Waals surface area contributed by atoms with Crippen LogP contribution in [0.4, 0.5) is 16.3 Å². The van der Waals surface area contributed by atoms with Crippen LogP contribution in [0.15, 0.2) is 54.6 Å². The largest absolute Gasteiger partial charge is 0.363 e. The summed E-state index contributed by atoms with van der Waals surface area (Å²) >= 11 is 0. The molecule has 0 radical (unpaired) electrons. The first kappa shape index (κ1) is 14.5. The van der Waals surface area contributed by atoms with E-state index in [0.29, 0.717) is 11.7 Å². The molecular weight excluding hydrogens is 300 g/mol. The molecule has 5 nitrogen and oxygen atoms in total. The van der Waals surface area contributed by atoms with Crippen molar-refractivity contribution >= 4 is 28.4 Å². The van der Waals surface area contributed by atoms with E-state index in [1.54, 1.807) is 6.07 Å². The molecule has 24 heavy (non-hydrogen) atoms. The van der Waals surface area contributed by atoms with Gasteiger partial charge >= 0.3 is 6.03 Å². The second kappa shape index (κ2) is 5.85. The lowest BCUT2D eigenvalue weighted by molar-refractivity contribution is 0.259. The number of aromatic nitrogens is 1. The van der Waals surface area contributed by atoms with Crippen molar-refractivity contribution in [2.24, 2.45) is 5.73 Å². The Morgan fingerprint density at radius 1 is 1.12 bits per heavy atom. The van der Waals surface area contributed by atoms with Crippen LogP contribution < -0.4 is 16.4 Å². The van der Waals surface area contributed by atoms with E-state index in [1.807, 2.05) is 24.3 Å². The Bertz CT molecular complexity index is 922. The summed E-state index contributed by atoms with van der Waals surface area (Å²) in [5, 5.41) is 7.07. The van der Waals surface area contributed by atoms with Crippen molar-refractivity contribution in [1.82, 2.24) is 4.98 Å². The van der Waals surface area contributed by atoms with Gasteiger partial charge < -0.3 is 16.4 Å². The average Bonchev–Trinajstić information content (AvgIpc) is 2.98. The van der Waals surface area contributed by atoms with Gasteiger partial charge in [-0.25, -0.2) is 9.78 Å². The topological polar surface area (TPSA) is 80.0 Å². The third-order valence-corrected chi connectivity index (χ3v) is 4.41. The van der Waals surface area contributed by atoms with Crippen molar-refractivity contribution in [3.8, 4) is 0 Å². The van der Waals surface area contributed by atoms with Crippen LogP contribution in [-0.4, -0.2) is 11.0 Å². The van der Waals surface area contributed by atoms with E-state index in [9.17, 15) is 4.79 Å². The highest BCUT2D eigenvalue weighted by Gasteiger charge is 2.21. The SMILES string of the molecule is NC(=O)Nc1ccc2nc(N[C@@H]3CCc4ccccc43)ccc2c1. The van der Waals surface area contributed by atoms with Gasteiger partial charge in [-0.2, -0.15) is 0 Å². The highest BCUT2D eigenvalue weighted by atomic mass is 16.2. The van der Waals surface area contributed by atoms with E-state index in [4.69, 9.17) is 5.73 Å². The molecule has 0 spiro atoms. The quantitative estimate of drug-likeness (QED) is 0.686. The van der Waals surface area contributed by atoms with Crippen LogP contribution in [0, 0.1) is 0 Å². The number of hydrogen-bond acceptors (Lipinski definition) is 3. The molecule has 1 heterocycles. The van der Waals surface area contributed by atoms with Gasteiger partial charge in [0, 0.05) is 11.1 Å². The van der Waals surface area contributed by atoms with Crippen molar-refractivity contribution in [1.29, 1.82) is 0 Å². The maximum atomic E-state index is 10.9. The fraction of sp³-hybridized carbons (Fsp3) is 0.158. The molecule has 2 amide bonds. The molecule has 120 valence electrons. The van der Waals surface area contributed by atoms with Gasteiger partial charge in [-0.1, -0.05) is 24.3 Å². The number of urea groups is 1. The Labute approximate surface area is 139 Å². The number of anilines is 2. The third kappa shape index (κ3) is 2.76. The first-order valence-electron chi connectivity index (χ1n) is 8.01. The first-order valence-corrected chi connectivity index (χ1v) is 8.01. The number of carbonyl (C=O) groups excluding carboxylic acids is 1. The summed E-state index contributed by atoms with van der Waals surface area (Å²) in [6, 6.07) is 17.8. The number of nitrogens with two attached hydrogens (primary N) is 1. The molecule has 3 aromatic rings. The molecule has 4 rings (SSSR count). The summed E-state index contributed by atoms with van der Waals surface area (Å²) in [6.07, 6.45) is 2.18. The zero-order valence-corrected chi connectivity index (χ0v) is 13.1. The number of aryl methyl sites for hydroxylation is 1. The molecule has 1 aromatic heterocycles. The smallest absolute Gasteiger partial charge is 0.316 e. The Hall–Kier alpha value is -3.08. The third-order valence-electron chi connectivity index (χ3n) is 4.41. The van der Waals surface area contributed by atoms with Crippen molar-refractivity contribution in [3.05, 3.63) is 65.7 Å². The van der Waals surface area contributed by atoms with E-state index in [-0.39, 0.29) is 0 Å². The van der Waals surface area contributed by atoms with Crippen LogP contribution in [0.2, 0.25) is 0 Å². The summed E-state index contributed by atoms with van der Waals surface area (Å²) in [7, 11) is 0. The molecule has 4 N–H and O–H groups in total. The number of benzene rings is 2. The van der Waals surface area contributed by atoms with Crippen molar-refractivity contribution in [2.45, 2.75) is 18.9 Å². The summed E-state index contributed by atoms with van der Waals surface area (Å²) < 4.78 is 0. The predicted octanol–water partition coefficient (Wildman–Crippen LogP) is 3.82. The molecular formula is C19H18N4O. The van der Waals surface area contributed by atoms with Crippen LogP contribution in [-0.2, 0) is 6.42 Å². The Balaban J connectivity index is 1.58. The number of hydrogen-bond donors (Lipinski definition) is 3. The van der Waals surface area contributed by atoms with Crippen molar-refractivity contribution in [2.75, 3.05) is 10.6 Å². The summed E-state index contributed by atoms with van der Waals surface area (Å²) in [4.78, 5) is 15.6. The minimum absolute atomic E-state index is 0.307. The number of primary amides is 1. The number of pyridine rings is 1. The highest BCUT2D eigenvalue weighted by molar-refractivity contribution is 5.92. The monoisotopic (exact) mass is 318 g/mol. The van der Waals surface area contributed by atoms with Gasteiger partial charge in [0.1, 0.15) is 5.82 Å². The molecule has 1 aliphatic rings. The number of nitrogens with one attached hydrogen (secondary N) is 2. The normalized spacial score (nSPS) is 15.9. The number of fused-ring (bicyclic) bond motifs is 2. The number of amides is 2. The maximum absolute atomic E-state index is 10.9. The number of nitrogens with zero attached hydrogens (tertiary/aromatic N) is 1. The fourth-order valence-electron chi connectivity index (χ4n) is 3.31. The molecule has 5 heteroatoms. The van der Waals surface area contributed by atoms with Gasteiger partial charge in [0.25, 0.3) is 0 Å². The molecule has 0 saturated heterocycles. The lowest BCUT2D eigenvalue weighted by Crippen LogP contribution is -2.19. The Morgan fingerprint density at radius 2 is 2.00 bits per heavy atom. The summed E-state index contributed by atoms with van der Waals surface area (Å²) in [5.74, 6) is 0.861. The molecule has 0 saturated carbocycles. The van der Waals surface area contributed by atoms with Crippen LogP contribution >= 0.6 is 0 Å². The van der Waals surface area contributed by atoms with Crippen LogP contribution in [0.5, 0.6) is 0 Å². The highest BCUT2D eigenvalue weighted by Crippen LogP contribution is 2.33. The molecule has 0 aliphatic heterocycles. The molecule has 2 aromatic carbocycles. The lowest BCUT2D eigenvalue weighted by atomic mass is 10.1.